The second kappa shape index (κ2) is 9.08. The van der Waals surface area contributed by atoms with E-state index in [9.17, 15) is 14.4 Å². The van der Waals surface area contributed by atoms with Gasteiger partial charge < -0.3 is 9.47 Å². The van der Waals surface area contributed by atoms with Gasteiger partial charge in [-0.15, -0.1) is 0 Å². The summed E-state index contributed by atoms with van der Waals surface area (Å²) in [5.74, 6) is 0.0391. The number of hydrogen-bond donors (Lipinski definition) is 0. The van der Waals surface area contributed by atoms with Gasteiger partial charge in [-0.3, -0.25) is 14.4 Å². The SMILES string of the molecule is CC(C)(C)C(=O)Oc1ccc(C=CC(=O)c2ccc(OC(=O)C(C)(C)C)cc2)cc1. The largest absolute Gasteiger partial charge is 0.426 e. The van der Waals surface area contributed by atoms with Crippen LogP contribution < -0.4 is 9.47 Å². The molecule has 2 rings (SSSR count). The second-order valence-electron chi connectivity index (χ2n) is 9.07. The van der Waals surface area contributed by atoms with Crippen molar-refractivity contribution in [2.75, 3.05) is 0 Å². The van der Waals surface area contributed by atoms with E-state index in [1.807, 2.05) is 0 Å². The van der Waals surface area contributed by atoms with Gasteiger partial charge in [-0.05, 0) is 89.6 Å². The van der Waals surface area contributed by atoms with Crippen LogP contribution in [0.25, 0.3) is 6.08 Å². The molecule has 0 unspecified atom stereocenters. The maximum Gasteiger partial charge on any atom is 0.316 e. The summed E-state index contributed by atoms with van der Waals surface area (Å²) in [7, 11) is 0. The Morgan fingerprint density at radius 3 is 1.47 bits per heavy atom. The Bertz CT molecular complexity index is 937. The van der Waals surface area contributed by atoms with Gasteiger partial charge in [0.05, 0.1) is 10.8 Å². The fourth-order valence-electron chi connectivity index (χ4n) is 2.12. The highest BCUT2D eigenvalue weighted by atomic mass is 16.5. The summed E-state index contributed by atoms with van der Waals surface area (Å²) in [5.41, 5.74) is 0.107. The van der Waals surface area contributed by atoms with Crippen molar-refractivity contribution in [3.05, 3.63) is 65.7 Å². The molecule has 0 atom stereocenters. The molecule has 0 saturated heterocycles. The van der Waals surface area contributed by atoms with Gasteiger partial charge in [-0.1, -0.05) is 18.2 Å². The lowest BCUT2D eigenvalue weighted by molar-refractivity contribution is -0.143. The minimum Gasteiger partial charge on any atom is -0.426 e. The van der Waals surface area contributed by atoms with Gasteiger partial charge in [0.2, 0.25) is 0 Å². The predicted molar refractivity (Wildman–Crippen MR) is 116 cm³/mol. The minimum absolute atomic E-state index is 0.174. The summed E-state index contributed by atoms with van der Waals surface area (Å²) < 4.78 is 10.6. The Morgan fingerprint density at radius 2 is 1.07 bits per heavy atom. The Hall–Kier alpha value is -3.21. The number of esters is 2. The number of carbonyl (C=O) groups excluding carboxylic acids is 3. The van der Waals surface area contributed by atoms with Crippen molar-refractivity contribution >= 4 is 23.8 Å². The lowest BCUT2D eigenvalue weighted by Crippen LogP contribution is -2.25. The van der Waals surface area contributed by atoms with Crippen LogP contribution in [0, 0.1) is 10.8 Å². The number of allylic oxidation sites excluding steroid dienone is 1. The van der Waals surface area contributed by atoms with Crippen LogP contribution >= 0.6 is 0 Å². The van der Waals surface area contributed by atoms with E-state index in [2.05, 4.69) is 0 Å². The Labute approximate surface area is 177 Å². The molecule has 0 aliphatic rings. The van der Waals surface area contributed by atoms with E-state index in [0.717, 1.165) is 5.56 Å². The van der Waals surface area contributed by atoms with Crippen LogP contribution in [0.1, 0.15) is 57.5 Å². The second-order valence-corrected chi connectivity index (χ2v) is 9.07. The number of hydrogen-bond acceptors (Lipinski definition) is 5. The van der Waals surface area contributed by atoms with Gasteiger partial charge in [0.25, 0.3) is 0 Å². The topological polar surface area (TPSA) is 69.7 Å². The first kappa shape index (κ1) is 23.1. The van der Waals surface area contributed by atoms with Crippen molar-refractivity contribution in [2.45, 2.75) is 41.5 Å². The van der Waals surface area contributed by atoms with Crippen LogP contribution in [-0.2, 0) is 9.59 Å². The van der Waals surface area contributed by atoms with Crippen LogP contribution in [0.2, 0.25) is 0 Å². The van der Waals surface area contributed by atoms with Crippen LogP contribution in [0.4, 0.5) is 0 Å². The van der Waals surface area contributed by atoms with Crippen molar-refractivity contribution in [1.29, 1.82) is 0 Å². The van der Waals surface area contributed by atoms with Gasteiger partial charge >= 0.3 is 11.9 Å². The van der Waals surface area contributed by atoms with Crippen molar-refractivity contribution < 1.29 is 23.9 Å². The monoisotopic (exact) mass is 408 g/mol. The molecule has 30 heavy (non-hydrogen) atoms. The first-order chi connectivity index (χ1) is 13.9. The molecule has 0 aliphatic heterocycles. The lowest BCUT2D eigenvalue weighted by Gasteiger charge is -2.16. The molecule has 0 heterocycles. The van der Waals surface area contributed by atoms with E-state index in [-0.39, 0.29) is 17.7 Å². The quantitative estimate of drug-likeness (QED) is 0.283. The Morgan fingerprint density at radius 1 is 0.667 bits per heavy atom. The summed E-state index contributed by atoms with van der Waals surface area (Å²) >= 11 is 0. The first-order valence-corrected chi connectivity index (χ1v) is 9.73. The van der Waals surface area contributed by atoms with E-state index >= 15 is 0 Å². The number of carbonyl (C=O) groups is 3. The molecule has 2 aromatic carbocycles. The van der Waals surface area contributed by atoms with E-state index in [0.29, 0.717) is 17.1 Å². The summed E-state index contributed by atoms with van der Waals surface area (Å²) in [5, 5.41) is 0. The Kier molecular flexibility index (Phi) is 6.98. The molecule has 0 saturated carbocycles. The highest BCUT2D eigenvalue weighted by Crippen LogP contribution is 2.21. The van der Waals surface area contributed by atoms with E-state index < -0.39 is 10.8 Å². The van der Waals surface area contributed by atoms with Crippen LogP contribution in [0.15, 0.2) is 54.6 Å². The minimum atomic E-state index is -0.599. The van der Waals surface area contributed by atoms with Gasteiger partial charge in [0.15, 0.2) is 5.78 Å². The molecule has 2 aromatic rings. The molecular weight excluding hydrogens is 380 g/mol. The molecule has 0 N–H and O–H groups in total. The third kappa shape index (κ3) is 6.69. The zero-order chi connectivity index (χ0) is 22.5. The summed E-state index contributed by atoms with van der Waals surface area (Å²) in [4.78, 5) is 36.2. The van der Waals surface area contributed by atoms with Crippen LogP contribution in [0.3, 0.4) is 0 Å². The van der Waals surface area contributed by atoms with Gasteiger partial charge in [-0.2, -0.15) is 0 Å². The average molecular weight is 408 g/mol. The zero-order valence-electron chi connectivity index (χ0n) is 18.3. The van der Waals surface area contributed by atoms with E-state index in [4.69, 9.17) is 9.47 Å². The number of ether oxygens (including phenoxy) is 2. The molecule has 0 amide bonds. The Balaban J connectivity index is 1.98. The lowest BCUT2D eigenvalue weighted by atomic mass is 9.97. The highest BCUT2D eigenvalue weighted by molar-refractivity contribution is 6.06. The van der Waals surface area contributed by atoms with Crippen molar-refractivity contribution in [1.82, 2.24) is 0 Å². The summed E-state index contributed by atoms with van der Waals surface area (Å²) in [6.45, 7) is 10.7. The van der Waals surface area contributed by atoms with Crippen molar-refractivity contribution in [2.24, 2.45) is 10.8 Å². The highest BCUT2D eigenvalue weighted by Gasteiger charge is 2.24. The smallest absolute Gasteiger partial charge is 0.316 e. The maximum absolute atomic E-state index is 12.4. The van der Waals surface area contributed by atoms with E-state index in [1.165, 1.54) is 6.08 Å². The van der Waals surface area contributed by atoms with Crippen molar-refractivity contribution in [3.8, 4) is 11.5 Å². The first-order valence-electron chi connectivity index (χ1n) is 9.73. The van der Waals surface area contributed by atoms with Gasteiger partial charge in [0.1, 0.15) is 11.5 Å². The molecule has 0 radical (unpaired) electrons. The third-order valence-electron chi connectivity index (χ3n) is 4.09. The van der Waals surface area contributed by atoms with Crippen LogP contribution in [0.5, 0.6) is 11.5 Å². The fraction of sp³-hybridized carbons (Fsp3) is 0.320. The number of ketones is 1. The predicted octanol–water partition coefficient (Wildman–Crippen LogP) is 5.49. The third-order valence-corrected chi connectivity index (χ3v) is 4.09. The molecule has 5 nitrogen and oxygen atoms in total. The standard InChI is InChI=1S/C25H28O5/c1-24(2,3)22(27)29-19-12-7-17(8-13-19)9-16-21(26)18-10-14-20(15-11-18)30-23(28)25(4,5)6/h7-16H,1-6H3. The number of benzene rings is 2. The van der Waals surface area contributed by atoms with Crippen LogP contribution in [-0.4, -0.2) is 17.7 Å². The molecule has 0 aromatic heterocycles. The molecule has 158 valence electrons. The molecule has 0 bridgehead atoms. The normalized spacial score (nSPS) is 11.9. The average Bonchev–Trinajstić information content (AvgIpc) is 2.66. The molecular formula is C25H28O5. The fourth-order valence-corrected chi connectivity index (χ4v) is 2.12. The molecule has 0 aliphatic carbocycles. The zero-order valence-corrected chi connectivity index (χ0v) is 18.3. The maximum atomic E-state index is 12.4. The molecule has 0 fully saturated rings. The van der Waals surface area contributed by atoms with Gasteiger partial charge in [-0.25, -0.2) is 0 Å². The number of rotatable bonds is 5. The van der Waals surface area contributed by atoms with E-state index in [1.54, 1.807) is 96.1 Å². The summed E-state index contributed by atoms with van der Waals surface area (Å²) in [6.07, 6.45) is 3.15. The molecule has 5 heteroatoms. The van der Waals surface area contributed by atoms with Gasteiger partial charge in [0, 0.05) is 5.56 Å². The summed E-state index contributed by atoms with van der Waals surface area (Å²) in [6, 6.07) is 13.3. The van der Waals surface area contributed by atoms with Crippen molar-refractivity contribution in [3.63, 3.8) is 0 Å². The molecule has 0 spiro atoms.